The van der Waals surface area contributed by atoms with Crippen molar-refractivity contribution in [2.24, 2.45) is 0 Å². The Balaban J connectivity index is 2.42. The first-order chi connectivity index (χ1) is 10.2. The first-order valence-corrected chi connectivity index (χ1v) is 6.83. The van der Waals surface area contributed by atoms with Crippen molar-refractivity contribution < 1.29 is 23.4 Å². The van der Waals surface area contributed by atoms with E-state index in [0.717, 1.165) is 15.9 Å². The van der Waals surface area contributed by atoms with E-state index in [2.05, 4.69) is 10.2 Å². The minimum atomic E-state index is -3.26. The highest BCUT2D eigenvalue weighted by Gasteiger charge is 2.46. The van der Waals surface area contributed by atoms with Gasteiger partial charge in [0.25, 0.3) is 5.92 Å². The van der Waals surface area contributed by atoms with Crippen LogP contribution in [-0.2, 0) is 10.7 Å². The molecule has 0 bridgehead atoms. The van der Waals surface area contributed by atoms with E-state index in [4.69, 9.17) is 16.3 Å². The van der Waals surface area contributed by atoms with Gasteiger partial charge in [-0.25, -0.2) is 18.5 Å². The van der Waals surface area contributed by atoms with E-state index in [1.807, 2.05) is 0 Å². The molecular weight excluding hydrogens is 322 g/mol. The van der Waals surface area contributed by atoms with Crippen molar-refractivity contribution in [1.29, 1.82) is 0 Å². The van der Waals surface area contributed by atoms with E-state index >= 15 is 0 Å². The fourth-order valence-electron chi connectivity index (χ4n) is 2.11. The van der Waals surface area contributed by atoms with Gasteiger partial charge in [-0.1, -0.05) is 11.6 Å². The molecule has 1 aromatic heterocycles. The summed E-state index contributed by atoms with van der Waals surface area (Å²) >= 11 is 5.61. The van der Waals surface area contributed by atoms with Crippen LogP contribution in [0.5, 0.6) is 0 Å². The molecule has 2 rings (SSSR count). The molecule has 122 valence electrons. The zero-order chi connectivity index (χ0) is 16.7. The minimum absolute atomic E-state index is 0.229. The number of anilines is 1. The summed E-state index contributed by atoms with van der Waals surface area (Å²) in [6.07, 6.45) is -2.33. The summed E-state index contributed by atoms with van der Waals surface area (Å²) in [5, 5.41) is 16.8. The SMILES string of the molecule is CCOC1C(O)N(c2cc(C(C)(F)F)c(Cl)nn2)C(=O)N1C. The summed E-state index contributed by atoms with van der Waals surface area (Å²) in [6.45, 7) is 2.61. The number of hydrogen-bond acceptors (Lipinski definition) is 5. The molecule has 0 saturated carbocycles. The van der Waals surface area contributed by atoms with Crippen LogP contribution in [0.4, 0.5) is 19.4 Å². The first kappa shape index (κ1) is 16.8. The lowest BCUT2D eigenvalue weighted by Crippen LogP contribution is -2.39. The second kappa shape index (κ2) is 5.90. The molecule has 2 amide bonds. The molecule has 2 heterocycles. The molecule has 2 unspecified atom stereocenters. The van der Waals surface area contributed by atoms with E-state index < -0.39 is 35.1 Å². The van der Waals surface area contributed by atoms with Crippen molar-refractivity contribution in [1.82, 2.24) is 15.1 Å². The molecular formula is C12H15ClF2N4O3. The molecule has 2 atom stereocenters. The van der Waals surface area contributed by atoms with Crippen LogP contribution in [0.25, 0.3) is 0 Å². The van der Waals surface area contributed by atoms with E-state index in [0.29, 0.717) is 6.92 Å². The Morgan fingerprint density at radius 1 is 1.50 bits per heavy atom. The van der Waals surface area contributed by atoms with Crippen molar-refractivity contribution >= 4 is 23.4 Å². The number of rotatable bonds is 4. The Bertz CT molecular complexity index is 584. The van der Waals surface area contributed by atoms with Crippen LogP contribution < -0.4 is 4.90 Å². The van der Waals surface area contributed by atoms with Gasteiger partial charge in [-0.2, -0.15) is 0 Å². The molecule has 10 heteroatoms. The molecule has 1 aliphatic heterocycles. The predicted molar refractivity (Wildman–Crippen MR) is 73.7 cm³/mol. The summed E-state index contributed by atoms with van der Waals surface area (Å²) < 4.78 is 32.3. The van der Waals surface area contributed by atoms with Gasteiger partial charge in [0.2, 0.25) is 0 Å². The Hall–Kier alpha value is -1.58. The van der Waals surface area contributed by atoms with E-state index in [-0.39, 0.29) is 12.4 Å². The van der Waals surface area contributed by atoms with Crippen LogP contribution in [0.15, 0.2) is 6.07 Å². The van der Waals surface area contributed by atoms with Gasteiger partial charge in [0, 0.05) is 20.6 Å². The maximum absolute atomic E-state index is 13.5. The summed E-state index contributed by atoms with van der Waals surface area (Å²) in [7, 11) is 1.42. The number of urea groups is 1. The number of nitrogens with zero attached hydrogens (tertiary/aromatic N) is 4. The van der Waals surface area contributed by atoms with Crippen LogP contribution in [0, 0.1) is 0 Å². The minimum Gasteiger partial charge on any atom is -0.369 e. The van der Waals surface area contributed by atoms with Crippen LogP contribution in [0.2, 0.25) is 5.15 Å². The molecule has 22 heavy (non-hydrogen) atoms. The maximum Gasteiger partial charge on any atom is 0.329 e. The van der Waals surface area contributed by atoms with Crippen LogP contribution in [0.3, 0.4) is 0 Å². The second-order valence-corrected chi connectivity index (χ2v) is 5.18. The average Bonchev–Trinajstić information content (AvgIpc) is 2.63. The quantitative estimate of drug-likeness (QED) is 0.907. The Labute approximate surface area is 130 Å². The average molecular weight is 337 g/mol. The predicted octanol–water partition coefficient (Wildman–Crippen LogP) is 1.79. The number of hydrogen-bond donors (Lipinski definition) is 1. The fraction of sp³-hybridized carbons (Fsp3) is 0.583. The molecule has 0 spiro atoms. The molecule has 0 aliphatic carbocycles. The lowest BCUT2D eigenvalue weighted by molar-refractivity contribution is -0.0688. The highest BCUT2D eigenvalue weighted by molar-refractivity contribution is 6.30. The topological polar surface area (TPSA) is 78.8 Å². The Kier molecular flexibility index (Phi) is 4.50. The van der Waals surface area contributed by atoms with Gasteiger partial charge >= 0.3 is 6.03 Å². The van der Waals surface area contributed by atoms with Crippen molar-refractivity contribution in [3.05, 3.63) is 16.8 Å². The lowest BCUT2D eigenvalue weighted by Gasteiger charge is -2.21. The smallest absolute Gasteiger partial charge is 0.329 e. The van der Waals surface area contributed by atoms with Crippen molar-refractivity contribution in [3.63, 3.8) is 0 Å². The third-order valence-electron chi connectivity index (χ3n) is 3.20. The molecule has 0 radical (unpaired) electrons. The number of amides is 2. The monoisotopic (exact) mass is 336 g/mol. The van der Waals surface area contributed by atoms with Crippen LogP contribution in [-0.4, -0.2) is 52.3 Å². The fourth-order valence-corrected chi connectivity index (χ4v) is 2.37. The van der Waals surface area contributed by atoms with Gasteiger partial charge in [0.1, 0.15) is 0 Å². The lowest BCUT2D eigenvalue weighted by atomic mass is 10.2. The van der Waals surface area contributed by atoms with Gasteiger partial charge in [0.15, 0.2) is 23.4 Å². The number of aromatic nitrogens is 2. The number of carbonyl (C=O) groups is 1. The summed E-state index contributed by atoms with van der Waals surface area (Å²) in [4.78, 5) is 14.2. The van der Waals surface area contributed by atoms with Crippen LogP contribution >= 0.6 is 11.6 Å². The van der Waals surface area contributed by atoms with Crippen LogP contribution in [0.1, 0.15) is 19.4 Å². The van der Waals surface area contributed by atoms with Gasteiger partial charge in [-0.3, -0.25) is 4.90 Å². The number of aliphatic hydroxyl groups excluding tert-OH is 1. The third kappa shape index (κ3) is 2.83. The number of halogens is 3. The molecule has 1 saturated heterocycles. The zero-order valence-corrected chi connectivity index (χ0v) is 12.9. The molecule has 1 N–H and O–H groups in total. The van der Waals surface area contributed by atoms with E-state index in [1.54, 1.807) is 6.92 Å². The number of carbonyl (C=O) groups excluding carboxylic acids is 1. The summed E-state index contributed by atoms with van der Waals surface area (Å²) in [6, 6.07) is 0.284. The molecule has 1 fully saturated rings. The van der Waals surface area contributed by atoms with E-state index in [9.17, 15) is 18.7 Å². The number of aliphatic hydroxyl groups is 1. The standard InChI is InChI=1S/C12H15ClF2N4O3/c1-4-22-10-9(20)19(11(21)18(10)3)7-5-6(12(2,14)15)8(13)17-16-7/h5,9-10,20H,4H2,1-3H3. The summed E-state index contributed by atoms with van der Waals surface area (Å²) in [5.74, 6) is -3.49. The largest absolute Gasteiger partial charge is 0.369 e. The summed E-state index contributed by atoms with van der Waals surface area (Å²) in [5.41, 5.74) is -0.582. The Morgan fingerprint density at radius 3 is 2.68 bits per heavy atom. The number of alkyl halides is 2. The van der Waals surface area contributed by atoms with Gasteiger partial charge in [-0.05, 0) is 13.0 Å². The molecule has 1 aliphatic rings. The highest BCUT2D eigenvalue weighted by atomic mass is 35.5. The van der Waals surface area contributed by atoms with Crippen molar-refractivity contribution in [2.45, 2.75) is 32.2 Å². The Morgan fingerprint density at radius 2 is 2.14 bits per heavy atom. The molecule has 0 aromatic carbocycles. The van der Waals surface area contributed by atoms with Gasteiger partial charge < -0.3 is 9.84 Å². The van der Waals surface area contributed by atoms with Gasteiger partial charge in [-0.15, -0.1) is 10.2 Å². The first-order valence-electron chi connectivity index (χ1n) is 6.45. The zero-order valence-electron chi connectivity index (χ0n) is 12.1. The third-order valence-corrected chi connectivity index (χ3v) is 3.48. The van der Waals surface area contributed by atoms with E-state index in [1.165, 1.54) is 7.05 Å². The number of ether oxygens (including phenoxy) is 1. The molecule has 1 aromatic rings. The highest BCUT2D eigenvalue weighted by Crippen LogP contribution is 2.35. The molecule has 7 nitrogen and oxygen atoms in total. The van der Waals surface area contributed by atoms with Crippen molar-refractivity contribution in [3.8, 4) is 0 Å². The normalized spacial score (nSPS) is 22.6. The van der Waals surface area contributed by atoms with Gasteiger partial charge in [0.05, 0.1) is 5.56 Å². The maximum atomic E-state index is 13.5. The number of likely N-dealkylation sites (N-methyl/N-ethyl adjacent to an activating group) is 1. The second-order valence-electron chi connectivity index (χ2n) is 4.82. The van der Waals surface area contributed by atoms with Crippen molar-refractivity contribution in [2.75, 3.05) is 18.6 Å².